The largest absolute Gasteiger partial charge is 0.374 e. The first-order valence-corrected chi connectivity index (χ1v) is 3.67. The van der Waals surface area contributed by atoms with E-state index in [4.69, 9.17) is 0 Å². The summed E-state index contributed by atoms with van der Waals surface area (Å²) in [6.07, 6.45) is 9.35. The van der Waals surface area contributed by atoms with Gasteiger partial charge in [-0.05, 0) is 6.42 Å². The second-order valence-corrected chi connectivity index (χ2v) is 2.65. The van der Waals surface area contributed by atoms with Crippen LogP contribution in [0.4, 0.5) is 0 Å². The Morgan fingerprint density at radius 1 is 1.27 bits per heavy atom. The molecule has 0 N–H and O–H groups in total. The van der Waals surface area contributed by atoms with Crippen LogP contribution in [0.1, 0.15) is 24.1 Å². The zero-order valence-corrected chi connectivity index (χ0v) is 9.22. The van der Waals surface area contributed by atoms with Gasteiger partial charge in [0.1, 0.15) is 0 Å². The normalized spacial score (nSPS) is 14.9. The average molecular weight is 222 g/mol. The third-order valence-corrected chi connectivity index (χ3v) is 1.94. The fourth-order valence-electron chi connectivity index (χ4n) is 1.38. The van der Waals surface area contributed by atoms with E-state index in [2.05, 4.69) is 16.3 Å². The summed E-state index contributed by atoms with van der Waals surface area (Å²) in [6.45, 7) is 0. The minimum Gasteiger partial charge on any atom is -0.374 e. The quantitative estimate of drug-likeness (QED) is 0.615. The number of aromatic nitrogens is 2. The van der Waals surface area contributed by atoms with Crippen molar-refractivity contribution in [2.45, 2.75) is 25.7 Å². The van der Waals surface area contributed by atoms with Gasteiger partial charge < -0.3 is 9.97 Å². The summed E-state index contributed by atoms with van der Waals surface area (Å²) >= 11 is 0. The molecule has 1 aliphatic rings. The smallest absolute Gasteiger partial charge is 0.0216 e. The number of aryl methyl sites for hydroxylation is 2. The van der Waals surface area contributed by atoms with Crippen LogP contribution in [0.2, 0.25) is 0 Å². The zero-order chi connectivity index (χ0) is 6.81. The number of hydrogen-bond acceptors (Lipinski definition) is 2. The first-order valence-electron chi connectivity index (χ1n) is 3.67. The second-order valence-electron chi connectivity index (χ2n) is 2.65. The Morgan fingerprint density at radius 3 is 2.91 bits per heavy atom. The molecule has 1 aliphatic carbocycles. The van der Waals surface area contributed by atoms with Gasteiger partial charge in [0.05, 0.1) is 0 Å². The summed E-state index contributed by atoms with van der Waals surface area (Å²) in [7, 11) is 0. The van der Waals surface area contributed by atoms with E-state index in [-0.39, 0.29) is 32.7 Å². The van der Waals surface area contributed by atoms with Gasteiger partial charge in [-0.15, -0.1) is 5.56 Å². The standard InChI is InChI=1S/C8H9N2.Y/c1-2-4-8-7(3-1)5-9-6-10-8;/h5H,1-4H2;/q-1;. The number of fused-ring (bicyclic) bond motifs is 1. The first-order chi connectivity index (χ1) is 4.97. The van der Waals surface area contributed by atoms with E-state index in [1.54, 1.807) is 0 Å². The maximum atomic E-state index is 4.08. The third-order valence-electron chi connectivity index (χ3n) is 1.94. The van der Waals surface area contributed by atoms with Gasteiger partial charge >= 0.3 is 0 Å². The SMILES string of the molecule is [Y].[c-]1ncc2c(n1)CCCC2. The summed E-state index contributed by atoms with van der Waals surface area (Å²) in [4.78, 5) is 7.95. The van der Waals surface area contributed by atoms with Crippen LogP contribution in [-0.2, 0) is 45.6 Å². The monoisotopic (exact) mass is 222 g/mol. The zero-order valence-electron chi connectivity index (χ0n) is 6.38. The van der Waals surface area contributed by atoms with Gasteiger partial charge in [-0.2, -0.15) is 0 Å². The molecule has 1 heterocycles. The Balaban J connectivity index is 0.000000605. The molecule has 1 aromatic rings. The van der Waals surface area contributed by atoms with E-state index in [0.29, 0.717) is 0 Å². The Morgan fingerprint density at radius 2 is 2.09 bits per heavy atom. The topological polar surface area (TPSA) is 25.8 Å². The van der Waals surface area contributed by atoms with Gasteiger partial charge in [0, 0.05) is 39.0 Å². The predicted molar refractivity (Wildman–Crippen MR) is 37.5 cm³/mol. The van der Waals surface area contributed by atoms with Crippen molar-refractivity contribution in [3.05, 3.63) is 23.8 Å². The molecule has 55 valence electrons. The van der Waals surface area contributed by atoms with Gasteiger partial charge in [-0.25, -0.2) is 0 Å². The van der Waals surface area contributed by atoms with Gasteiger partial charge in [-0.1, -0.05) is 31.2 Å². The third kappa shape index (κ3) is 2.06. The van der Waals surface area contributed by atoms with Crippen molar-refractivity contribution in [3.8, 4) is 0 Å². The van der Waals surface area contributed by atoms with Crippen molar-refractivity contribution in [2.75, 3.05) is 0 Å². The van der Waals surface area contributed by atoms with Crippen molar-refractivity contribution in [3.63, 3.8) is 0 Å². The summed E-state index contributed by atoms with van der Waals surface area (Å²) in [5, 5.41) is 0. The van der Waals surface area contributed by atoms with Crippen LogP contribution < -0.4 is 0 Å². The fraction of sp³-hybridized carbons (Fsp3) is 0.500. The molecular formula is C8H9N2Y-. The van der Waals surface area contributed by atoms with Crippen LogP contribution in [0, 0.1) is 6.33 Å². The van der Waals surface area contributed by atoms with E-state index in [1.807, 2.05) is 6.20 Å². The van der Waals surface area contributed by atoms with Gasteiger partial charge in [0.15, 0.2) is 0 Å². The van der Waals surface area contributed by atoms with E-state index >= 15 is 0 Å². The fourth-order valence-corrected chi connectivity index (χ4v) is 1.38. The summed E-state index contributed by atoms with van der Waals surface area (Å²) in [5.41, 5.74) is 2.53. The van der Waals surface area contributed by atoms with Crippen molar-refractivity contribution in [1.29, 1.82) is 0 Å². The molecule has 1 aromatic heterocycles. The van der Waals surface area contributed by atoms with Gasteiger partial charge in [0.25, 0.3) is 0 Å². The number of rotatable bonds is 0. The molecule has 2 rings (SSSR count). The molecule has 0 amide bonds. The van der Waals surface area contributed by atoms with E-state index in [9.17, 15) is 0 Å². The Labute approximate surface area is 91.7 Å². The van der Waals surface area contributed by atoms with Gasteiger partial charge in [-0.3, -0.25) is 0 Å². The van der Waals surface area contributed by atoms with Crippen molar-refractivity contribution in [1.82, 2.24) is 9.97 Å². The first kappa shape index (κ1) is 9.27. The Bertz CT molecular complexity index is 212. The maximum Gasteiger partial charge on any atom is 0.0216 e. The molecule has 0 bridgehead atoms. The molecule has 0 unspecified atom stereocenters. The minimum atomic E-state index is 0. The van der Waals surface area contributed by atoms with E-state index < -0.39 is 0 Å². The van der Waals surface area contributed by atoms with Crippen LogP contribution >= 0.6 is 0 Å². The predicted octanol–water partition coefficient (Wildman–Crippen LogP) is 1.15. The molecule has 0 saturated heterocycles. The molecule has 0 aromatic carbocycles. The molecule has 0 spiro atoms. The molecule has 0 aliphatic heterocycles. The molecule has 11 heavy (non-hydrogen) atoms. The van der Waals surface area contributed by atoms with E-state index in [0.717, 1.165) is 12.8 Å². The minimum absolute atomic E-state index is 0. The van der Waals surface area contributed by atoms with E-state index in [1.165, 1.54) is 24.1 Å². The van der Waals surface area contributed by atoms with Crippen molar-refractivity contribution >= 4 is 0 Å². The summed E-state index contributed by atoms with van der Waals surface area (Å²) < 4.78 is 0. The molecule has 0 saturated carbocycles. The van der Waals surface area contributed by atoms with Crippen LogP contribution in [0.15, 0.2) is 6.20 Å². The summed E-state index contributed by atoms with van der Waals surface area (Å²) in [6, 6.07) is 0. The molecule has 2 nitrogen and oxygen atoms in total. The maximum absolute atomic E-state index is 4.08. The molecule has 1 radical (unpaired) electrons. The molecular weight excluding hydrogens is 213 g/mol. The average Bonchev–Trinajstić information content (AvgIpc) is 2.05. The second kappa shape index (κ2) is 4.27. The van der Waals surface area contributed by atoms with Crippen LogP contribution in [0.25, 0.3) is 0 Å². The Kier molecular flexibility index (Phi) is 3.60. The van der Waals surface area contributed by atoms with Gasteiger partial charge in [0.2, 0.25) is 0 Å². The summed E-state index contributed by atoms with van der Waals surface area (Å²) in [5.74, 6) is 0. The van der Waals surface area contributed by atoms with Crippen molar-refractivity contribution < 1.29 is 32.7 Å². The number of nitrogens with zero attached hydrogens (tertiary/aromatic N) is 2. The Hall–Kier alpha value is 0.184. The number of hydrogen-bond donors (Lipinski definition) is 0. The van der Waals surface area contributed by atoms with Crippen LogP contribution in [-0.4, -0.2) is 9.97 Å². The van der Waals surface area contributed by atoms with Crippen LogP contribution in [0.3, 0.4) is 0 Å². The van der Waals surface area contributed by atoms with Crippen LogP contribution in [0.5, 0.6) is 0 Å². The molecule has 3 heteroatoms. The van der Waals surface area contributed by atoms with Crippen molar-refractivity contribution in [2.24, 2.45) is 0 Å². The molecule has 0 atom stereocenters. The molecule has 0 fully saturated rings.